The molecule has 0 aliphatic carbocycles. The summed E-state index contributed by atoms with van der Waals surface area (Å²) in [6, 6.07) is 36.1. The van der Waals surface area contributed by atoms with Crippen LogP contribution in [0.15, 0.2) is 127 Å². The summed E-state index contributed by atoms with van der Waals surface area (Å²) in [5, 5.41) is 44.0. The van der Waals surface area contributed by atoms with E-state index in [4.69, 9.17) is 34.8 Å². The first kappa shape index (κ1) is 44.3. The Balaban J connectivity index is 0.000000220. The molecule has 0 saturated carbocycles. The SMILES string of the molecule is Cc1c(Cl)cccc1Nc1ccccc1C(=O)[O-].Cc1c(Cl)cccc1Nc1ccccc1C(=O)[O-].Cc1c(Cl)cccc1Nc1ccccc1C(=O)[O-].[Bi+3]. The van der Waals surface area contributed by atoms with E-state index in [-0.39, 0.29) is 42.9 Å². The second-order valence-electron chi connectivity index (χ2n) is 11.6. The molecule has 0 saturated heterocycles. The van der Waals surface area contributed by atoms with Gasteiger partial charge in [-0.25, -0.2) is 0 Å². The van der Waals surface area contributed by atoms with Gasteiger partial charge in [-0.3, -0.25) is 0 Å². The molecule has 55 heavy (non-hydrogen) atoms. The number of halogens is 3. The number of benzene rings is 6. The van der Waals surface area contributed by atoms with Crippen molar-refractivity contribution < 1.29 is 29.7 Å². The van der Waals surface area contributed by atoms with E-state index in [2.05, 4.69) is 16.0 Å². The molecule has 0 fully saturated rings. The molecule has 0 spiro atoms. The molecule has 0 amide bonds. The number of carbonyl (C=O) groups is 3. The maximum Gasteiger partial charge on any atom is 3.00 e. The van der Waals surface area contributed by atoms with Gasteiger partial charge in [0.25, 0.3) is 0 Å². The molecule has 2 radical (unpaired) electrons. The molecule has 6 aromatic rings. The van der Waals surface area contributed by atoms with Crippen molar-refractivity contribution in [2.75, 3.05) is 16.0 Å². The van der Waals surface area contributed by atoms with Gasteiger partial charge in [0.1, 0.15) is 0 Å². The Bertz CT molecular complexity index is 2050. The van der Waals surface area contributed by atoms with Gasteiger partial charge in [-0.05, 0) is 92.1 Å². The van der Waals surface area contributed by atoms with E-state index in [1.165, 1.54) is 18.2 Å². The molecule has 9 nitrogen and oxygen atoms in total. The molecule has 278 valence electrons. The predicted octanol–water partition coefficient (Wildman–Crippen LogP) is 7.89. The van der Waals surface area contributed by atoms with Gasteiger partial charge in [0.2, 0.25) is 0 Å². The molecular formula is C42H33BiCl3N3O6. The van der Waals surface area contributed by atoms with Crippen molar-refractivity contribution in [1.82, 2.24) is 0 Å². The molecule has 0 unspecified atom stereocenters. The van der Waals surface area contributed by atoms with Gasteiger partial charge in [0.05, 0.1) is 17.9 Å². The maximum atomic E-state index is 11.0. The first-order chi connectivity index (χ1) is 25.8. The number of carboxylic acids is 3. The van der Waals surface area contributed by atoms with Crippen LogP contribution in [0, 0.1) is 20.8 Å². The zero-order valence-electron chi connectivity index (χ0n) is 29.7. The van der Waals surface area contributed by atoms with E-state index in [9.17, 15) is 29.7 Å². The monoisotopic (exact) mass is 989 g/mol. The molecule has 13 heteroatoms. The van der Waals surface area contributed by atoms with E-state index in [1.54, 1.807) is 91.0 Å². The van der Waals surface area contributed by atoms with Gasteiger partial charge in [-0.2, -0.15) is 0 Å². The topological polar surface area (TPSA) is 156 Å². The molecule has 0 aromatic heterocycles. The van der Waals surface area contributed by atoms with E-state index in [0.717, 1.165) is 33.8 Å². The zero-order chi connectivity index (χ0) is 39.4. The minimum absolute atomic E-state index is 0. The van der Waals surface area contributed by atoms with Crippen LogP contribution in [0.5, 0.6) is 0 Å². The van der Waals surface area contributed by atoms with Crippen LogP contribution in [0.3, 0.4) is 0 Å². The molecule has 0 aliphatic heterocycles. The van der Waals surface area contributed by atoms with Crippen molar-refractivity contribution in [1.29, 1.82) is 0 Å². The zero-order valence-corrected chi connectivity index (χ0v) is 35.4. The van der Waals surface area contributed by atoms with Crippen LogP contribution in [0.25, 0.3) is 0 Å². The molecular weight excluding hydrogens is 958 g/mol. The number of rotatable bonds is 9. The minimum atomic E-state index is -1.21. The Hall–Kier alpha value is -5.12. The van der Waals surface area contributed by atoms with Crippen LogP contribution < -0.4 is 31.3 Å². The Labute approximate surface area is 353 Å². The summed E-state index contributed by atoms with van der Waals surface area (Å²) >= 11 is 18.0. The van der Waals surface area contributed by atoms with Gasteiger partial charge in [-0.15, -0.1) is 0 Å². The molecule has 0 bridgehead atoms. The number of hydrogen-bond acceptors (Lipinski definition) is 9. The maximum absolute atomic E-state index is 11.0. The first-order valence-corrected chi connectivity index (χ1v) is 17.4. The average molecular weight is 991 g/mol. The Kier molecular flexibility index (Phi) is 17.0. The minimum Gasteiger partial charge on any atom is -0.545 e. The van der Waals surface area contributed by atoms with Gasteiger partial charge in [-0.1, -0.05) is 108 Å². The molecule has 0 atom stereocenters. The summed E-state index contributed by atoms with van der Waals surface area (Å²) in [5.41, 5.74) is 6.76. The summed E-state index contributed by atoms with van der Waals surface area (Å²) in [7, 11) is 0. The number of para-hydroxylation sites is 3. The van der Waals surface area contributed by atoms with Gasteiger partial charge >= 0.3 is 26.2 Å². The Morgan fingerprint density at radius 2 is 0.600 bits per heavy atom. The van der Waals surface area contributed by atoms with Crippen molar-refractivity contribution in [3.8, 4) is 0 Å². The quantitative estimate of drug-likeness (QED) is 0.123. The molecule has 6 rings (SSSR count). The number of anilines is 6. The van der Waals surface area contributed by atoms with E-state index < -0.39 is 17.9 Å². The normalized spacial score (nSPS) is 9.93. The summed E-state index contributed by atoms with van der Waals surface area (Å²) in [6.07, 6.45) is 0. The van der Waals surface area contributed by atoms with Crippen LogP contribution in [0.4, 0.5) is 34.1 Å². The summed E-state index contributed by atoms with van der Waals surface area (Å²) in [5.74, 6) is -3.63. The van der Waals surface area contributed by atoms with Gasteiger partial charge in [0.15, 0.2) is 0 Å². The summed E-state index contributed by atoms with van der Waals surface area (Å²) in [4.78, 5) is 33.0. The number of aromatic carboxylic acids is 3. The van der Waals surface area contributed by atoms with Crippen LogP contribution in [0.1, 0.15) is 47.8 Å². The van der Waals surface area contributed by atoms with Crippen LogP contribution in [0.2, 0.25) is 15.1 Å². The number of nitrogens with one attached hydrogen (secondary N) is 3. The standard InChI is InChI=1S/3C14H12ClNO2.Bi/c3*1-9-11(15)6-4-8-12(9)16-13-7-3-2-5-10(13)14(17)18;/h3*2-8,16H,1H3,(H,17,18);/q;;;+3/p-3. The van der Waals surface area contributed by atoms with Crippen molar-refractivity contribution in [3.63, 3.8) is 0 Å². The van der Waals surface area contributed by atoms with Crippen molar-refractivity contribution in [2.24, 2.45) is 0 Å². The third-order valence-corrected chi connectivity index (χ3v) is 9.28. The van der Waals surface area contributed by atoms with E-state index in [0.29, 0.717) is 32.1 Å². The molecule has 6 aromatic carbocycles. The fourth-order valence-electron chi connectivity index (χ4n) is 4.97. The number of carbonyl (C=O) groups excluding carboxylic acids is 3. The third kappa shape index (κ3) is 12.2. The largest absolute Gasteiger partial charge is 3.00 e. The van der Waals surface area contributed by atoms with Crippen molar-refractivity contribution in [2.45, 2.75) is 20.8 Å². The van der Waals surface area contributed by atoms with Crippen LogP contribution in [-0.2, 0) is 0 Å². The van der Waals surface area contributed by atoms with Crippen LogP contribution in [-0.4, -0.2) is 44.1 Å². The van der Waals surface area contributed by atoms with E-state index in [1.807, 2.05) is 39.0 Å². The van der Waals surface area contributed by atoms with Crippen molar-refractivity contribution >= 4 is 113 Å². The smallest absolute Gasteiger partial charge is 0.545 e. The summed E-state index contributed by atoms with van der Waals surface area (Å²) in [6.45, 7) is 5.60. The van der Waals surface area contributed by atoms with Crippen molar-refractivity contribution in [3.05, 3.63) is 176 Å². The Morgan fingerprint density at radius 3 is 0.836 bits per heavy atom. The fourth-order valence-corrected chi connectivity index (χ4v) is 5.50. The van der Waals surface area contributed by atoms with Gasteiger partial charge in [0, 0.05) is 65.9 Å². The fraction of sp³-hybridized carbons (Fsp3) is 0.0714. The molecule has 0 heterocycles. The first-order valence-electron chi connectivity index (χ1n) is 16.3. The molecule has 0 aliphatic rings. The molecule has 3 N–H and O–H groups in total. The number of hydrogen-bond donors (Lipinski definition) is 3. The average Bonchev–Trinajstić information content (AvgIpc) is 3.15. The second-order valence-corrected chi connectivity index (χ2v) is 12.8. The predicted molar refractivity (Wildman–Crippen MR) is 216 cm³/mol. The Morgan fingerprint density at radius 1 is 0.382 bits per heavy atom. The second kappa shape index (κ2) is 21.1. The van der Waals surface area contributed by atoms with Gasteiger partial charge < -0.3 is 45.7 Å². The third-order valence-electron chi connectivity index (χ3n) is 8.05. The number of carboxylic acid groups (broad SMARTS) is 3. The van der Waals surface area contributed by atoms with E-state index >= 15 is 0 Å². The summed E-state index contributed by atoms with van der Waals surface area (Å²) < 4.78 is 0. The van der Waals surface area contributed by atoms with Crippen LogP contribution >= 0.6 is 34.8 Å².